The molecule has 0 saturated heterocycles. The van der Waals surface area contributed by atoms with Crippen molar-refractivity contribution in [1.82, 2.24) is 14.8 Å². The minimum absolute atomic E-state index is 0.177. The number of aryl methyl sites for hydroxylation is 1. The van der Waals surface area contributed by atoms with Crippen LogP contribution < -0.4 is 5.32 Å². The van der Waals surface area contributed by atoms with Crippen molar-refractivity contribution in [2.24, 2.45) is 0 Å². The van der Waals surface area contributed by atoms with Crippen molar-refractivity contribution in [2.75, 3.05) is 5.32 Å². The number of halogens is 1. The molecule has 2 heterocycles. The number of aromatic nitrogens is 3. The van der Waals surface area contributed by atoms with Crippen LogP contribution >= 0.6 is 23.4 Å². The van der Waals surface area contributed by atoms with Crippen molar-refractivity contribution in [2.45, 2.75) is 24.1 Å². The summed E-state index contributed by atoms with van der Waals surface area (Å²) >= 11 is 8.28. The Hall–Kier alpha value is -3.61. The lowest BCUT2D eigenvalue weighted by Gasteiger charge is -2.11. The molecular formula is C28H23ClN4OS. The molecule has 0 radical (unpaired) electrons. The van der Waals surface area contributed by atoms with Gasteiger partial charge in [-0.1, -0.05) is 72.3 Å². The Kier molecular flexibility index (Phi) is 6.84. The Morgan fingerprint density at radius 2 is 1.74 bits per heavy atom. The van der Waals surface area contributed by atoms with E-state index in [0.717, 1.165) is 32.6 Å². The highest BCUT2D eigenvalue weighted by Gasteiger charge is 2.19. The molecule has 35 heavy (non-hydrogen) atoms. The van der Waals surface area contributed by atoms with E-state index in [4.69, 9.17) is 16.7 Å². The summed E-state index contributed by atoms with van der Waals surface area (Å²) in [5.74, 6) is 0.411. The molecule has 1 N–H and O–H groups in total. The fourth-order valence-corrected chi connectivity index (χ4v) is 5.37. The number of pyridine rings is 1. The third-order valence-electron chi connectivity index (χ3n) is 5.68. The topological polar surface area (TPSA) is 59.8 Å². The number of para-hydroxylation sites is 1. The van der Waals surface area contributed by atoms with Crippen molar-refractivity contribution >= 4 is 45.9 Å². The van der Waals surface area contributed by atoms with Crippen LogP contribution in [0.2, 0.25) is 5.15 Å². The zero-order valence-electron chi connectivity index (χ0n) is 19.1. The molecule has 2 aromatic heterocycles. The van der Waals surface area contributed by atoms with Crippen molar-refractivity contribution in [3.8, 4) is 11.3 Å². The quantitative estimate of drug-likeness (QED) is 0.239. The van der Waals surface area contributed by atoms with Gasteiger partial charge in [-0.3, -0.25) is 14.5 Å². The fraction of sp³-hybridized carbons (Fsp3) is 0.107. The molecule has 1 amide bonds. The maximum absolute atomic E-state index is 13.2. The second kappa shape index (κ2) is 10.3. The summed E-state index contributed by atoms with van der Waals surface area (Å²) in [5.41, 5.74) is 5.00. The van der Waals surface area contributed by atoms with E-state index >= 15 is 0 Å². The van der Waals surface area contributed by atoms with Gasteiger partial charge in [0.15, 0.2) is 0 Å². The maximum atomic E-state index is 13.2. The minimum Gasteiger partial charge on any atom is -0.321 e. The molecule has 5 aromatic rings. The summed E-state index contributed by atoms with van der Waals surface area (Å²) in [5, 5.41) is 9.33. The van der Waals surface area contributed by atoms with E-state index in [2.05, 4.69) is 10.3 Å². The van der Waals surface area contributed by atoms with Crippen LogP contribution in [0.5, 0.6) is 0 Å². The second-order valence-corrected chi connectivity index (χ2v) is 9.33. The molecule has 174 valence electrons. The predicted octanol–water partition coefficient (Wildman–Crippen LogP) is 7.32. The number of carbonyl (C=O) groups excluding carboxylic acids is 1. The highest BCUT2D eigenvalue weighted by molar-refractivity contribution is 7.98. The number of benzene rings is 3. The molecule has 5 rings (SSSR count). The molecule has 0 aliphatic carbocycles. The summed E-state index contributed by atoms with van der Waals surface area (Å²) in [4.78, 5) is 18.5. The number of carbonyl (C=O) groups is 1. The molecule has 3 aromatic carbocycles. The zero-order chi connectivity index (χ0) is 24.2. The first-order valence-electron chi connectivity index (χ1n) is 11.3. The molecule has 0 unspecified atom stereocenters. The highest BCUT2D eigenvalue weighted by atomic mass is 35.5. The third kappa shape index (κ3) is 4.94. The van der Waals surface area contributed by atoms with Gasteiger partial charge >= 0.3 is 0 Å². The van der Waals surface area contributed by atoms with Gasteiger partial charge in [-0.2, -0.15) is 5.10 Å². The van der Waals surface area contributed by atoms with Crippen LogP contribution in [0.4, 0.5) is 5.69 Å². The van der Waals surface area contributed by atoms with Gasteiger partial charge in [-0.15, -0.1) is 11.8 Å². The Labute approximate surface area is 213 Å². The molecule has 0 aliphatic rings. The largest absolute Gasteiger partial charge is 0.321 e. The molecule has 0 aliphatic heterocycles. The van der Waals surface area contributed by atoms with Gasteiger partial charge in [-0.05, 0) is 31.2 Å². The Morgan fingerprint density at radius 3 is 2.57 bits per heavy atom. The van der Waals surface area contributed by atoms with Crippen LogP contribution in [0.15, 0.2) is 96.0 Å². The van der Waals surface area contributed by atoms with Crippen LogP contribution in [0, 0.1) is 0 Å². The first-order valence-corrected chi connectivity index (χ1v) is 12.7. The van der Waals surface area contributed by atoms with Crippen LogP contribution in [-0.4, -0.2) is 20.7 Å². The summed E-state index contributed by atoms with van der Waals surface area (Å²) in [6.45, 7) is 2.70. The van der Waals surface area contributed by atoms with Gasteiger partial charge in [0.1, 0.15) is 5.15 Å². The number of hydrogen-bond donors (Lipinski definition) is 1. The van der Waals surface area contributed by atoms with Crippen molar-refractivity contribution in [3.63, 3.8) is 0 Å². The molecule has 0 atom stereocenters. The SMILES string of the molecule is CCn1nc(-c2ccccc2)c(CSc2ccccc2C(=O)Nc2cnc3ccccc3c2)c1Cl. The first-order chi connectivity index (χ1) is 17.1. The molecule has 5 nitrogen and oxygen atoms in total. The van der Waals surface area contributed by atoms with E-state index in [9.17, 15) is 4.79 Å². The molecule has 0 fully saturated rings. The fourth-order valence-electron chi connectivity index (χ4n) is 3.91. The van der Waals surface area contributed by atoms with Gasteiger partial charge in [0.2, 0.25) is 0 Å². The number of anilines is 1. The van der Waals surface area contributed by atoms with Gasteiger partial charge in [0.05, 0.1) is 28.7 Å². The van der Waals surface area contributed by atoms with Crippen molar-refractivity contribution < 1.29 is 4.79 Å². The lowest BCUT2D eigenvalue weighted by atomic mass is 10.1. The first kappa shape index (κ1) is 23.1. The van der Waals surface area contributed by atoms with Crippen LogP contribution in [0.1, 0.15) is 22.8 Å². The smallest absolute Gasteiger partial charge is 0.256 e. The average molecular weight is 499 g/mol. The number of thioether (sulfide) groups is 1. The van der Waals surface area contributed by atoms with E-state index in [1.807, 2.05) is 96.5 Å². The molecular weight excluding hydrogens is 476 g/mol. The maximum Gasteiger partial charge on any atom is 0.256 e. The van der Waals surface area contributed by atoms with Gasteiger partial charge in [0.25, 0.3) is 5.91 Å². The zero-order valence-corrected chi connectivity index (χ0v) is 20.7. The lowest BCUT2D eigenvalue weighted by molar-refractivity contribution is 0.102. The lowest BCUT2D eigenvalue weighted by Crippen LogP contribution is -2.13. The van der Waals surface area contributed by atoms with Crippen LogP contribution in [0.3, 0.4) is 0 Å². The average Bonchev–Trinajstić information content (AvgIpc) is 3.23. The molecule has 0 bridgehead atoms. The van der Waals surface area contributed by atoms with E-state index in [0.29, 0.717) is 28.7 Å². The van der Waals surface area contributed by atoms with Gasteiger partial charge in [-0.25, -0.2) is 0 Å². The monoisotopic (exact) mass is 498 g/mol. The molecule has 0 saturated carbocycles. The van der Waals surface area contributed by atoms with Crippen molar-refractivity contribution in [3.05, 3.63) is 107 Å². The van der Waals surface area contributed by atoms with E-state index in [1.54, 1.807) is 18.0 Å². The third-order valence-corrected chi connectivity index (χ3v) is 7.20. The Balaban J connectivity index is 1.39. The van der Waals surface area contributed by atoms with Gasteiger partial charge < -0.3 is 5.32 Å². The summed E-state index contributed by atoms with van der Waals surface area (Å²) in [7, 11) is 0. The Bertz CT molecular complexity index is 1500. The number of fused-ring (bicyclic) bond motifs is 1. The minimum atomic E-state index is -0.177. The molecule has 7 heteroatoms. The number of rotatable bonds is 7. The second-order valence-electron chi connectivity index (χ2n) is 7.96. The van der Waals surface area contributed by atoms with E-state index in [-0.39, 0.29) is 5.91 Å². The summed E-state index contributed by atoms with van der Waals surface area (Å²) in [6.07, 6.45) is 1.68. The number of amides is 1. The predicted molar refractivity (Wildman–Crippen MR) is 144 cm³/mol. The summed E-state index contributed by atoms with van der Waals surface area (Å²) < 4.78 is 1.81. The normalized spacial score (nSPS) is 11.0. The van der Waals surface area contributed by atoms with Crippen LogP contribution in [0.25, 0.3) is 22.2 Å². The standard InChI is InChI=1S/C28H23ClN4OS/c1-2-33-27(29)23(26(32-33)19-10-4-3-5-11-19)18-35-25-15-9-7-13-22(25)28(34)31-21-16-20-12-6-8-14-24(20)30-17-21/h3-17H,2,18H2,1H3,(H,31,34). The van der Waals surface area contributed by atoms with Crippen LogP contribution in [-0.2, 0) is 12.3 Å². The van der Waals surface area contributed by atoms with Crippen molar-refractivity contribution in [1.29, 1.82) is 0 Å². The molecule has 0 spiro atoms. The number of nitrogens with one attached hydrogen (secondary N) is 1. The van der Waals surface area contributed by atoms with E-state index < -0.39 is 0 Å². The number of hydrogen-bond acceptors (Lipinski definition) is 4. The van der Waals surface area contributed by atoms with Gasteiger partial charge in [0, 0.05) is 33.7 Å². The number of nitrogens with zero attached hydrogens (tertiary/aromatic N) is 3. The Morgan fingerprint density at radius 1 is 1.00 bits per heavy atom. The summed E-state index contributed by atoms with van der Waals surface area (Å²) in [6, 6.07) is 27.4. The highest BCUT2D eigenvalue weighted by Crippen LogP contribution is 2.35. The van der Waals surface area contributed by atoms with E-state index in [1.165, 1.54) is 0 Å².